The van der Waals surface area contributed by atoms with E-state index in [-0.39, 0.29) is 0 Å². The van der Waals surface area contributed by atoms with Gasteiger partial charge in [-0.15, -0.1) is 0 Å². The number of ether oxygens (including phenoxy) is 1. The van der Waals surface area contributed by atoms with Crippen LogP contribution in [-0.4, -0.2) is 20.3 Å². The molecule has 0 aliphatic carbocycles. The standard InChI is InChI=1S/C15H25NO/c1-11-9-12(2)15(13(3)10-11)14(4)16-7-6-8-17-5/h9-10,14,16H,6-8H2,1-5H3. The summed E-state index contributed by atoms with van der Waals surface area (Å²) in [6.45, 7) is 10.6. The highest BCUT2D eigenvalue weighted by molar-refractivity contribution is 5.39. The lowest BCUT2D eigenvalue weighted by molar-refractivity contribution is 0.193. The second-order valence-electron chi connectivity index (χ2n) is 4.83. The number of nitrogens with one attached hydrogen (secondary N) is 1. The zero-order valence-electron chi connectivity index (χ0n) is 11.8. The highest BCUT2D eigenvalue weighted by Crippen LogP contribution is 2.23. The summed E-state index contributed by atoms with van der Waals surface area (Å²) in [6, 6.07) is 4.93. The largest absolute Gasteiger partial charge is 0.385 e. The molecule has 0 heterocycles. The number of hydrogen-bond donors (Lipinski definition) is 1. The first-order valence-corrected chi connectivity index (χ1v) is 6.36. The van der Waals surface area contributed by atoms with Gasteiger partial charge in [0.05, 0.1) is 0 Å². The van der Waals surface area contributed by atoms with Crippen molar-refractivity contribution >= 4 is 0 Å². The molecule has 0 saturated carbocycles. The first-order chi connectivity index (χ1) is 8.06. The molecule has 0 aliphatic rings. The third-order valence-electron chi connectivity index (χ3n) is 3.15. The zero-order chi connectivity index (χ0) is 12.8. The van der Waals surface area contributed by atoms with E-state index in [1.54, 1.807) is 7.11 Å². The van der Waals surface area contributed by atoms with Gasteiger partial charge in [-0.05, 0) is 57.4 Å². The van der Waals surface area contributed by atoms with Crippen LogP contribution in [0.2, 0.25) is 0 Å². The van der Waals surface area contributed by atoms with E-state index in [1.165, 1.54) is 22.3 Å². The SMILES string of the molecule is COCCCNC(C)c1c(C)cc(C)cc1C. The van der Waals surface area contributed by atoms with Crippen LogP contribution in [0.4, 0.5) is 0 Å². The Hall–Kier alpha value is -0.860. The van der Waals surface area contributed by atoms with Crippen molar-refractivity contribution in [3.05, 3.63) is 34.4 Å². The van der Waals surface area contributed by atoms with E-state index in [9.17, 15) is 0 Å². The smallest absolute Gasteiger partial charge is 0.0474 e. The second-order valence-corrected chi connectivity index (χ2v) is 4.83. The first kappa shape index (κ1) is 14.2. The molecule has 0 amide bonds. The van der Waals surface area contributed by atoms with Crippen LogP contribution in [0.3, 0.4) is 0 Å². The Kier molecular flexibility index (Phi) is 5.66. The molecule has 0 aromatic heterocycles. The highest BCUT2D eigenvalue weighted by Gasteiger charge is 2.10. The van der Waals surface area contributed by atoms with Crippen molar-refractivity contribution in [2.75, 3.05) is 20.3 Å². The van der Waals surface area contributed by atoms with Crippen molar-refractivity contribution in [3.8, 4) is 0 Å². The minimum absolute atomic E-state index is 0.410. The third-order valence-corrected chi connectivity index (χ3v) is 3.15. The Bertz CT molecular complexity index is 337. The summed E-state index contributed by atoms with van der Waals surface area (Å²) in [5, 5.41) is 3.55. The molecule has 1 aromatic rings. The molecule has 17 heavy (non-hydrogen) atoms. The van der Waals surface area contributed by atoms with Gasteiger partial charge in [-0.1, -0.05) is 17.7 Å². The minimum Gasteiger partial charge on any atom is -0.385 e. The fourth-order valence-corrected chi connectivity index (χ4v) is 2.51. The molecular formula is C15H25NO. The second kappa shape index (κ2) is 6.77. The van der Waals surface area contributed by atoms with Crippen LogP contribution in [0.5, 0.6) is 0 Å². The predicted molar refractivity (Wildman–Crippen MR) is 73.6 cm³/mol. The van der Waals surface area contributed by atoms with Crippen LogP contribution in [0.15, 0.2) is 12.1 Å². The number of aryl methyl sites for hydroxylation is 3. The van der Waals surface area contributed by atoms with Crippen molar-refractivity contribution in [2.45, 2.75) is 40.2 Å². The average Bonchev–Trinajstić information content (AvgIpc) is 2.23. The maximum Gasteiger partial charge on any atom is 0.0474 e. The maximum absolute atomic E-state index is 5.05. The predicted octanol–water partition coefficient (Wildman–Crippen LogP) is 3.30. The molecule has 1 unspecified atom stereocenters. The molecule has 0 saturated heterocycles. The topological polar surface area (TPSA) is 21.3 Å². The van der Waals surface area contributed by atoms with Crippen LogP contribution in [0, 0.1) is 20.8 Å². The Labute approximate surface area is 105 Å². The number of rotatable bonds is 6. The van der Waals surface area contributed by atoms with Crippen LogP contribution in [-0.2, 0) is 4.74 Å². The summed E-state index contributed by atoms with van der Waals surface area (Å²) in [4.78, 5) is 0. The van der Waals surface area contributed by atoms with Gasteiger partial charge in [0.25, 0.3) is 0 Å². The molecule has 1 atom stereocenters. The van der Waals surface area contributed by atoms with Crippen LogP contribution >= 0.6 is 0 Å². The van der Waals surface area contributed by atoms with Crippen molar-refractivity contribution < 1.29 is 4.74 Å². The Morgan fingerprint density at radius 3 is 2.29 bits per heavy atom. The Morgan fingerprint density at radius 2 is 1.76 bits per heavy atom. The van der Waals surface area contributed by atoms with Crippen molar-refractivity contribution in [3.63, 3.8) is 0 Å². The fraction of sp³-hybridized carbons (Fsp3) is 0.600. The van der Waals surface area contributed by atoms with E-state index in [1.807, 2.05) is 0 Å². The molecule has 96 valence electrons. The molecule has 0 spiro atoms. The van der Waals surface area contributed by atoms with Gasteiger partial charge in [0.15, 0.2) is 0 Å². The lowest BCUT2D eigenvalue weighted by Gasteiger charge is -2.19. The summed E-state index contributed by atoms with van der Waals surface area (Å²) in [6.07, 6.45) is 1.06. The number of hydrogen-bond acceptors (Lipinski definition) is 2. The zero-order valence-corrected chi connectivity index (χ0v) is 11.8. The lowest BCUT2D eigenvalue weighted by atomic mass is 9.95. The quantitative estimate of drug-likeness (QED) is 0.764. The molecule has 1 rings (SSSR count). The van der Waals surface area contributed by atoms with Gasteiger partial charge < -0.3 is 10.1 Å². The molecule has 0 aliphatic heterocycles. The fourth-order valence-electron chi connectivity index (χ4n) is 2.51. The molecule has 0 bridgehead atoms. The van der Waals surface area contributed by atoms with E-state index in [0.717, 1.165) is 19.6 Å². The van der Waals surface area contributed by atoms with Gasteiger partial charge in [0.1, 0.15) is 0 Å². The van der Waals surface area contributed by atoms with Gasteiger partial charge in [-0.25, -0.2) is 0 Å². The molecule has 0 fully saturated rings. The Balaban J connectivity index is 2.65. The van der Waals surface area contributed by atoms with Gasteiger partial charge in [-0.2, -0.15) is 0 Å². The van der Waals surface area contributed by atoms with E-state index < -0.39 is 0 Å². The van der Waals surface area contributed by atoms with Gasteiger partial charge in [0.2, 0.25) is 0 Å². The van der Waals surface area contributed by atoms with Gasteiger partial charge >= 0.3 is 0 Å². The molecule has 1 N–H and O–H groups in total. The first-order valence-electron chi connectivity index (χ1n) is 6.36. The monoisotopic (exact) mass is 235 g/mol. The van der Waals surface area contributed by atoms with Crippen LogP contribution < -0.4 is 5.32 Å². The summed E-state index contributed by atoms with van der Waals surface area (Å²) < 4.78 is 5.05. The van der Waals surface area contributed by atoms with E-state index >= 15 is 0 Å². The highest BCUT2D eigenvalue weighted by atomic mass is 16.5. The maximum atomic E-state index is 5.05. The van der Waals surface area contributed by atoms with Crippen molar-refractivity contribution in [1.29, 1.82) is 0 Å². The van der Waals surface area contributed by atoms with Crippen molar-refractivity contribution in [1.82, 2.24) is 5.32 Å². The summed E-state index contributed by atoms with van der Waals surface area (Å²) in [5.41, 5.74) is 5.55. The molecule has 0 radical (unpaired) electrons. The molecule has 2 nitrogen and oxygen atoms in total. The molecule has 2 heteroatoms. The number of methoxy groups -OCH3 is 1. The minimum atomic E-state index is 0.410. The normalized spacial score (nSPS) is 12.8. The third kappa shape index (κ3) is 4.14. The van der Waals surface area contributed by atoms with Gasteiger partial charge in [-0.3, -0.25) is 0 Å². The molecule has 1 aromatic carbocycles. The average molecular weight is 235 g/mol. The van der Waals surface area contributed by atoms with E-state index in [2.05, 4.69) is 45.1 Å². The Morgan fingerprint density at radius 1 is 1.18 bits per heavy atom. The van der Waals surface area contributed by atoms with Gasteiger partial charge in [0, 0.05) is 19.8 Å². The van der Waals surface area contributed by atoms with Crippen LogP contribution in [0.25, 0.3) is 0 Å². The van der Waals surface area contributed by atoms with E-state index in [4.69, 9.17) is 4.74 Å². The summed E-state index contributed by atoms with van der Waals surface area (Å²) in [7, 11) is 1.75. The van der Waals surface area contributed by atoms with E-state index in [0.29, 0.717) is 6.04 Å². The summed E-state index contributed by atoms with van der Waals surface area (Å²) >= 11 is 0. The molecular weight excluding hydrogens is 210 g/mol. The van der Waals surface area contributed by atoms with Crippen LogP contribution in [0.1, 0.15) is 41.6 Å². The summed E-state index contributed by atoms with van der Waals surface area (Å²) in [5.74, 6) is 0. The van der Waals surface area contributed by atoms with Crippen molar-refractivity contribution in [2.24, 2.45) is 0 Å². The number of benzene rings is 1. The lowest BCUT2D eigenvalue weighted by Crippen LogP contribution is -2.22.